The third-order valence-corrected chi connectivity index (χ3v) is 4.17. The van der Waals surface area contributed by atoms with Crippen LogP contribution >= 0.6 is 0 Å². The molecule has 0 N–H and O–H groups in total. The summed E-state index contributed by atoms with van der Waals surface area (Å²) >= 11 is 0. The van der Waals surface area contributed by atoms with Gasteiger partial charge in [-0.3, -0.25) is 0 Å². The SMILES string of the molecule is Cc1cc2oc3ccccc3c2c2c1oc1ccccc12. The van der Waals surface area contributed by atoms with Gasteiger partial charge < -0.3 is 8.83 Å². The van der Waals surface area contributed by atoms with Crippen LogP contribution in [0.4, 0.5) is 0 Å². The van der Waals surface area contributed by atoms with Crippen LogP contribution in [-0.2, 0) is 0 Å². The summed E-state index contributed by atoms with van der Waals surface area (Å²) in [7, 11) is 0. The summed E-state index contributed by atoms with van der Waals surface area (Å²) in [6.07, 6.45) is 0. The molecule has 0 aliphatic rings. The highest BCUT2D eigenvalue weighted by Crippen LogP contribution is 2.41. The van der Waals surface area contributed by atoms with Crippen LogP contribution in [0.5, 0.6) is 0 Å². The number of hydrogen-bond donors (Lipinski definition) is 0. The molecule has 0 spiro atoms. The first-order valence-electron chi connectivity index (χ1n) is 7.05. The molecule has 0 radical (unpaired) electrons. The van der Waals surface area contributed by atoms with Gasteiger partial charge in [0.2, 0.25) is 0 Å². The van der Waals surface area contributed by atoms with E-state index in [1.54, 1.807) is 0 Å². The summed E-state index contributed by atoms with van der Waals surface area (Å²) in [6, 6.07) is 18.4. The average molecular weight is 272 g/mol. The summed E-state index contributed by atoms with van der Waals surface area (Å²) in [5.74, 6) is 0. The second-order valence-corrected chi connectivity index (χ2v) is 5.47. The average Bonchev–Trinajstić information content (AvgIpc) is 3.05. The van der Waals surface area contributed by atoms with Crippen molar-refractivity contribution in [2.45, 2.75) is 6.92 Å². The number of benzene rings is 3. The molecule has 0 saturated heterocycles. The zero-order valence-corrected chi connectivity index (χ0v) is 11.5. The zero-order chi connectivity index (χ0) is 14.0. The molecule has 0 amide bonds. The normalized spacial score (nSPS) is 12.0. The van der Waals surface area contributed by atoms with E-state index >= 15 is 0 Å². The number of rotatable bonds is 0. The van der Waals surface area contributed by atoms with Crippen LogP contribution in [0.3, 0.4) is 0 Å². The van der Waals surface area contributed by atoms with Crippen molar-refractivity contribution in [1.82, 2.24) is 0 Å². The Labute approximate surface area is 120 Å². The Morgan fingerprint density at radius 1 is 0.667 bits per heavy atom. The second kappa shape index (κ2) is 3.67. The van der Waals surface area contributed by atoms with E-state index in [-0.39, 0.29) is 0 Å². The predicted molar refractivity (Wildman–Crippen MR) is 85.7 cm³/mol. The largest absolute Gasteiger partial charge is 0.456 e. The monoisotopic (exact) mass is 272 g/mol. The Bertz CT molecular complexity index is 1140. The maximum Gasteiger partial charge on any atom is 0.139 e. The van der Waals surface area contributed by atoms with E-state index in [1.165, 1.54) is 0 Å². The predicted octanol–water partition coefficient (Wildman–Crippen LogP) is 5.79. The van der Waals surface area contributed by atoms with Crippen molar-refractivity contribution in [2.75, 3.05) is 0 Å². The molecule has 0 atom stereocenters. The highest BCUT2D eigenvalue weighted by atomic mass is 16.3. The number of hydrogen-bond acceptors (Lipinski definition) is 2. The van der Waals surface area contributed by atoms with Crippen molar-refractivity contribution < 1.29 is 8.83 Å². The van der Waals surface area contributed by atoms with Gasteiger partial charge in [0.05, 0.1) is 0 Å². The zero-order valence-electron chi connectivity index (χ0n) is 11.5. The second-order valence-electron chi connectivity index (χ2n) is 5.47. The van der Waals surface area contributed by atoms with Crippen LogP contribution in [0.15, 0.2) is 63.4 Å². The lowest BCUT2D eigenvalue weighted by Crippen LogP contribution is -1.75. The minimum Gasteiger partial charge on any atom is -0.456 e. The fraction of sp³-hybridized carbons (Fsp3) is 0.0526. The molecule has 0 bridgehead atoms. The van der Waals surface area contributed by atoms with Crippen LogP contribution in [0.2, 0.25) is 0 Å². The van der Waals surface area contributed by atoms with Gasteiger partial charge in [0.25, 0.3) is 0 Å². The maximum atomic E-state index is 6.07. The van der Waals surface area contributed by atoms with Gasteiger partial charge in [-0.2, -0.15) is 0 Å². The lowest BCUT2D eigenvalue weighted by molar-refractivity contribution is 0.660. The van der Waals surface area contributed by atoms with Crippen LogP contribution in [0.1, 0.15) is 5.56 Å². The molecule has 5 rings (SSSR count). The molecule has 5 aromatic rings. The molecule has 2 nitrogen and oxygen atoms in total. The molecular formula is C19H12O2. The first-order chi connectivity index (χ1) is 10.3. The number of para-hydroxylation sites is 2. The first kappa shape index (κ1) is 11.0. The highest BCUT2D eigenvalue weighted by molar-refractivity contribution is 6.26. The van der Waals surface area contributed by atoms with E-state index in [4.69, 9.17) is 8.83 Å². The Morgan fingerprint density at radius 2 is 1.29 bits per heavy atom. The third kappa shape index (κ3) is 1.32. The molecule has 2 heteroatoms. The Kier molecular flexibility index (Phi) is 1.92. The van der Waals surface area contributed by atoms with Gasteiger partial charge in [0.15, 0.2) is 0 Å². The van der Waals surface area contributed by atoms with Gasteiger partial charge in [0.1, 0.15) is 22.3 Å². The fourth-order valence-corrected chi connectivity index (χ4v) is 3.26. The van der Waals surface area contributed by atoms with E-state index in [9.17, 15) is 0 Å². The summed E-state index contributed by atoms with van der Waals surface area (Å²) < 4.78 is 12.1. The van der Waals surface area contributed by atoms with Crippen molar-refractivity contribution in [3.63, 3.8) is 0 Å². The van der Waals surface area contributed by atoms with Gasteiger partial charge >= 0.3 is 0 Å². The quantitative estimate of drug-likeness (QED) is 0.356. The molecule has 0 unspecified atom stereocenters. The van der Waals surface area contributed by atoms with E-state index < -0.39 is 0 Å². The lowest BCUT2D eigenvalue weighted by atomic mass is 10.0. The Morgan fingerprint density at radius 3 is 2.05 bits per heavy atom. The van der Waals surface area contributed by atoms with Gasteiger partial charge in [-0.1, -0.05) is 36.4 Å². The van der Waals surface area contributed by atoms with Crippen LogP contribution < -0.4 is 0 Å². The van der Waals surface area contributed by atoms with Gasteiger partial charge in [-0.05, 0) is 30.7 Å². The Hall–Kier alpha value is -2.74. The lowest BCUT2D eigenvalue weighted by Gasteiger charge is -1.97. The van der Waals surface area contributed by atoms with E-state index in [2.05, 4.69) is 25.1 Å². The van der Waals surface area contributed by atoms with Crippen LogP contribution in [0.25, 0.3) is 43.9 Å². The molecule has 0 saturated carbocycles. The summed E-state index contributed by atoms with van der Waals surface area (Å²) in [5, 5.41) is 4.60. The molecule has 2 aromatic heterocycles. The molecule has 0 aliphatic heterocycles. The topological polar surface area (TPSA) is 26.3 Å². The minimum absolute atomic E-state index is 0.921. The van der Waals surface area contributed by atoms with Gasteiger partial charge in [0, 0.05) is 21.5 Å². The van der Waals surface area contributed by atoms with Crippen LogP contribution in [-0.4, -0.2) is 0 Å². The molecule has 21 heavy (non-hydrogen) atoms. The van der Waals surface area contributed by atoms with Crippen molar-refractivity contribution in [3.05, 3.63) is 60.2 Å². The molecule has 3 aromatic carbocycles. The first-order valence-corrected chi connectivity index (χ1v) is 7.05. The summed E-state index contributed by atoms with van der Waals surface area (Å²) in [5.41, 5.74) is 4.83. The minimum atomic E-state index is 0.921. The number of fused-ring (bicyclic) bond motifs is 7. The van der Waals surface area contributed by atoms with Crippen molar-refractivity contribution >= 4 is 43.9 Å². The van der Waals surface area contributed by atoms with E-state index in [0.717, 1.165) is 49.4 Å². The number of furan rings is 2. The maximum absolute atomic E-state index is 6.07. The number of aryl methyl sites for hydroxylation is 1. The summed E-state index contributed by atoms with van der Waals surface area (Å²) in [4.78, 5) is 0. The third-order valence-electron chi connectivity index (χ3n) is 4.17. The molecule has 0 fully saturated rings. The molecular weight excluding hydrogens is 260 g/mol. The molecule has 2 heterocycles. The van der Waals surface area contributed by atoms with E-state index in [1.807, 2.05) is 36.4 Å². The van der Waals surface area contributed by atoms with Gasteiger partial charge in [-0.15, -0.1) is 0 Å². The highest BCUT2D eigenvalue weighted by Gasteiger charge is 2.17. The fourth-order valence-electron chi connectivity index (χ4n) is 3.26. The molecule has 100 valence electrons. The standard InChI is InChI=1S/C19H12O2/c1-11-10-16-17(12-6-2-4-8-14(12)20-16)18-13-7-3-5-9-15(13)21-19(11)18/h2-10H,1H3. The summed E-state index contributed by atoms with van der Waals surface area (Å²) in [6.45, 7) is 2.07. The van der Waals surface area contributed by atoms with E-state index in [0.29, 0.717) is 0 Å². The smallest absolute Gasteiger partial charge is 0.139 e. The molecule has 0 aliphatic carbocycles. The van der Waals surface area contributed by atoms with Crippen molar-refractivity contribution in [2.24, 2.45) is 0 Å². The van der Waals surface area contributed by atoms with Crippen LogP contribution in [0, 0.1) is 6.92 Å². The van der Waals surface area contributed by atoms with Crippen molar-refractivity contribution in [1.29, 1.82) is 0 Å². The Balaban J connectivity index is 2.21. The van der Waals surface area contributed by atoms with Crippen molar-refractivity contribution in [3.8, 4) is 0 Å². The van der Waals surface area contributed by atoms with Gasteiger partial charge in [-0.25, -0.2) is 0 Å².